The van der Waals surface area contributed by atoms with Gasteiger partial charge in [0.05, 0.1) is 12.4 Å². The lowest BCUT2D eigenvalue weighted by Crippen LogP contribution is -2.58. The van der Waals surface area contributed by atoms with Gasteiger partial charge in [0.15, 0.2) is 0 Å². The normalized spacial score (nSPS) is 15.5. The highest BCUT2D eigenvalue weighted by molar-refractivity contribution is 5.94. The Hall–Kier alpha value is -3.03. The molecule has 1 rings (SSSR count). The molecule has 5 atom stereocenters. The van der Waals surface area contributed by atoms with Crippen molar-refractivity contribution >= 4 is 23.7 Å². The summed E-state index contributed by atoms with van der Waals surface area (Å²) >= 11 is 0. The second kappa shape index (κ2) is 15.1. The van der Waals surface area contributed by atoms with E-state index in [1.807, 2.05) is 13.8 Å². The number of carboxylic acid groups (broad SMARTS) is 1. The Balaban J connectivity index is 2.97. The van der Waals surface area contributed by atoms with E-state index in [0.717, 1.165) is 0 Å². The fourth-order valence-corrected chi connectivity index (χ4v) is 3.31. The third-order valence-electron chi connectivity index (χ3n) is 5.34. The van der Waals surface area contributed by atoms with Gasteiger partial charge in [-0.2, -0.15) is 0 Å². The molecule has 1 heterocycles. The van der Waals surface area contributed by atoms with Crippen LogP contribution in [0.4, 0.5) is 0 Å². The number of aliphatic hydroxyl groups is 1. The van der Waals surface area contributed by atoms with Crippen molar-refractivity contribution in [1.29, 1.82) is 0 Å². The highest BCUT2D eigenvalue weighted by atomic mass is 16.4. The van der Waals surface area contributed by atoms with Gasteiger partial charge < -0.3 is 42.6 Å². The largest absolute Gasteiger partial charge is 0.480 e. The molecule has 0 fully saturated rings. The molecule has 3 amide bonds. The Morgan fingerprint density at radius 1 is 1.00 bits per heavy atom. The number of nitrogens with two attached hydrogens (primary N) is 2. The Morgan fingerprint density at radius 3 is 2.11 bits per heavy atom. The lowest BCUT2D eigenvalue weighted by atomic mass is 10.0. The molecule has 35 heavy (non-hydrogen) atoms. The molecule has 13 nitrogen and oxygen atoms in total. The molecular formula is C22H39N7O6. The number of carbonyl (C=O) groups excluding carboxylic acids is 3. The Kier molecular flexibility index (Phi) is 12.9. The fourth-order valence-electron chi connectivity index (χ4n) is 3.31. The van der Waals surface area contributed by atoms with Crippen LogP contribution in [0.1, 0.15) is 52.1 Å². The molecule has 13 heteroatoms. The van der Waals surface area contributed by atoms with Crippen LogP contribution in [-0.2, 0) is 25.6 Å². The number of imidazole rings is 1. The number of nitrogens with one attached hydrogen (secondary N) is 4. The van der Waals surface area contributed by atoms with E-state index < -0.39 is 54.0 Å². The third kappa shape index (κ3) is 10.8. The average Bonchev–Trinajstić information content (AvgIpc) is 3.29. The minimum atomic E-state index is -1.24. The van der Waals surface area contributed by atoms with Gasteiger partial charge in [0.2, 0.25) is 17.7 Å². The minimum absolute atomic E-state index is 0.00382. The van der Waals surface area contributed by atoms with Crippen LogP contribution >= 0.6 is 0 Å². The summed E-state index contributed by atoms with van der Waals surface area (Å²) < 4.78 is 0. The molecule has 0 radical (unpaired) electrons. The second-order valence-corrected chi connectivity index (χ2v) is 8.98. The van der Waals surface area contributed by atoms with Crippen LogP contribution in [0, 0.1) is 5.92 Å². The van der Waals surface area contributed by atoms with Crippen LogP contribution < -0.4 is 27.4 Å². The molecule has 0 aliphatic heterocycles. The number of aromatic nitrogens is 2. The predicted octanol–water partition coefficient (Wildman–Crippen LogP) is -1.63. The van der Waals surface area contributed by atoms with Gasteiger partial charge in [-0.15, -0.1) is 0 Å². The van der Waals surface area contributed by atoms with Gasteiger partial charge in [0.25, 0.3) is 0 Å². The second-order valence-electron chi connectivity index (χ2n) is 8.98. The van der Waals surface area contributed by atoms with E-state index in [1.54, 1.807) is 0 Å². The maximum Gasteiger partial charge on any atom is 0.326 e. The number of carbonyl (C=O) groups is 4. The number of unbranched alkanes of at least 4 members (excludes halogenated alkanes) is 1. The molecular weight excluding hydrogens is 458 g/mol. The van der Waals surface area contributed by atoms with Crippen LogP contribution in [0.25, 0.3) is 0 Å². The number of amides is 3. The van der Waals surface area contributed by atoms with Crippen LogP contribution in [0.5, 0.6) is 0 Å². The minimum Gasteiger partial charge on any atom is -0.480 e. The van der Waals surface area contributed by atoms with Crippen LogP contribution in [-0.4, -0.2) is 80.7 Å². The lowest BCUT2D eigenvalue weighted by Gasteiger charge is -2.26. The van der Waals surface area contributed by atoms with Crippen molar-refractivity contribution in [2.24, 2.45) is 17.4 Å². The van der Waals surface area contributed by atoms with Crippen molar-refractivity contribution in [3.05, 3.63) is 18.2 Å². The quantitative estimate of drug-likeness (QED) is 0.123. The van der Waals surface area contributed by atoms with Crippen molar-refractivity contribution in [1.82, 2.24) is 25.9 Å². The monoisotopic (exact) mass is 497 g/mol. The number of rotatable bonds is 16. The smallest absolute Gasteiger partial charge is 0.326 e. The van der Waals surface area contributed by atoms with Crippen molar-refractivity contribution in [2.75, 3.05) is 6.54 Å². The zero-order chi connectivity index (χ0) is 26.5. The summed E-state index contributed by atoms with van der Waals surface area (Å²) in [7, 11) is 0. The summed E-state index contributed by atoms with van der Waals surface area (Å²) in [4.78, 5) is 56.7. The number of hydrogen-bond acceptors (Lipinski definition) is 8. The van der Waals surface area contributed by atoms with Gasteiger partial charge >= 0.3 is 5.97 Å². The molecule has 0 saturated heterocycles. The first-order valence-corrected chi connectivity index (χ1v) is 11.7. The molecule has 1 aromatic heterocycles. The summed E-state index contributed by atoms with van der Waals surface area (Å²) in [5.74, 6) is -3.22. The molecule has 0 aliphatic rings. The van der Waals surface area contributed by atoms with E-state index >= 15 is 0 Å². The molecule has 0 bridgehead atoms. The number of aliphatic carboxylic acids is 1. The third-order valence-corrected chi connectivity index (χ3v) is 5.34. The first-order chi connectivity index (χ1) is 16.5. The fraction of sp³-hybridized carbons (Fsp3) is 0.682. The molecule has 10 N–H and O–H groups in total. The number of nitrogens with zero attached hydrogens (tertiary/aromatic N) is 1. The summed E-state index contributed by atoms with van der Waals surface area (Å²) in [5.41, 5.74) is 11.7. The summed E-state index contributed by atoms with van der Waals surface area (Å²) in [6, 6.07) is -4.51. The number of hydrogen-bond donors (Lipinski definition) is 8. The van der Waals surface area contributed by atoms with E-state index in [9.17, 15) is 29.4 Å². The first kappa shape index (κ1) is 30.0. The summed E-state index contributed by atoms with van der Waals surface area (Å²) in [6.07, 6.45) is 3.36. The number of aliphatic hydroxyl groups excluding tert-OH is 1. The topological polar surface area (TPSA) is 226 Å². The van der Waals surface area contributed by atoms with Gasteiger partial charge in [-0.3, -0.25) is 14.4 Å². The van der Waals surface area contributed by atoms with Crippen LogP contribution in [0.3, 0.4) is 0 Å². The van der Waals surface area contributed by atoms with E-state index in [4.69, 9.17) is 11.5 Å². The standard InChI is InChI=1S/C22H39N7O6/c1-12(2)8-16(20(32)29-17(22(34)35)9-14-10-25-11-26-14)28-19(31)15(6-4-5-7-23)27-21(33)18(24)13(3)30/h10-13,15-18,30H,4-9,23-24H2,1-3H3,(H,25,26)(H,27,33)(H,28,31)(H,29,32)(H,34,35). The van der Waals surface area contributed by atoms with Crippen LogP contribution in [0.2, 0.25) is 0 Å². The molecule has 1 aromatic rings. The Morgan fingerprint density at radius 2 is 1.60 bits per heavy atom. The molecule has 5 unspecified atom stereocenters. The maximum absolute atomic E-state index is 13.1. The van der Waals surface area contributed by atoms with E-state index in [2.05, 4.69) is 25.9 Å². The molecule has 0 saturated carbocycles. The van der Waals surface area contributed by atoms with Gasteiger partial charge in [-0.05, 0) is 45.1 Å². The zero-order valence-corrected chi connectivity index (χ0v) is 20.5. The zero-order valence-electron chi connectivity index (χ0n) is 20.5. The highest BCUT2D eigenvalue weighted by Gasteiger charge is 2.31. The van der Waals surface area contributed by atoms with Gasteiger partial charge in [-0.25, -0.2) is 9.78 Å². The molecule has 0 aromatic carbocycles. The van der Waals surface area contributed by atoms with Gasteiger partial charge in [0, 0.05) is 18.3 Å². The van der Waals surface area contributed by atoms with E-state index in [1.165, 1.54) is 19.4 Å². The Labute approximate surface area is 204 Å². The van der Waals surface area contributed by atoms with Gasteiger partial charge in [0.1, 0.15) is 24.2 Å². The Bertz CT molecular complexity index is 815. The SMILES string of the molecule is CC(C)CC(NC(=O)C(CCCCN)NC(=O)C(N)C(C)O)C(=O)NC(Cc1cnc[nH]1)C(=O)O. The van der Waals surface area contributed by atoms with Crippen molar-refractivity contribution in [3.63, 3.8) is 0 Å². The molecule has 0 spiro atoms. The van der Waals surface area contributed by atoms with Crippen molar-refractivity contribution < 1.29 is 29.4 Å². The first-order valence-electron chi connectivity index (χ1n) is 11.7. The van der Waals surface area contributed by atoms with E-state index in [-0.39, 0.29) is 25.2 Å². The van der Waals surface area contributed by atoms with E-state index in [0.29, 0.717) is 25.1 Å². The number of aromatic amines is 1. The van der Waals surface area contributed by atoms with Crippen molar-refractivity contribution in [2.45, 2.75) is 83.1 Å². The maximum atomic E-state index is 13.1. The number of carboxylic acids is 1. The molecule has 0 aliphatic carbocycles. The number of H-pyrrole nitrogens is 1. The molecule has 198 valence electrons. The highest BCUT2D eigenvalue weighted by Crippen LogP contribution is 2.09. The van der Waals surface area contributed by atoms with Gasteiger partial charge in [-0.1, -0.05) is 13.8 Å². The van der Waals surface area contributed by atoms with Crippen LogP contribution in [0.15, 0.2) is 12.5 Å². The predicted molar refractivity (Wildman–Crippen MR) is 128 cm³/mol. The lowest BCUT2D eigenvalue weighted by molar-refractivity contribution is -0.142. The summed E-state index contributed by atoms with van der Waals surface area (Å²) in [5, 5.41) is 26.8. The average molecular weight is 498 g/mol. The summed E-state index contributed by atoms with van der Waals surface area (Å²) in [6.45, 7) is 5.47. The van der Waals surface area contributed by atoms with Crippen molar-refractivity contribution in [3.8, 4) is 0 Å².